The Labute approximate surface area is 150 Å². The van der Waals surface area contributed by atoms with Crippen LogP contribution in [0.2, 0.25) is 0 Å². The summed E-state index contributed by atoms with van der Waals surface area (Å²) in [4.78, 5) is 23.8. The highest BCUT2D eigenvalue weighted by molar-refractivity contribution is 5.50. The van der Waals surface area contributed by atoms with E-state index < -0.39 is 22.8 Å². The van der Waals surface area contributed by atoms with Crippen LogP contribution in [0.5, 0.6) is 11.5 Å². The maximum Gasteiger partial charge on any atom is 0.293 e. The fraction of sp³-hybridized carbons (Fsp3) is 0.316. The lowest BCUT2D eigenvalue weighted by atomic mass is 9.74. The molecule has 0 bridgehead atoms. The molecule has 3 rings (SSSR count). The molecule has 2 heterocycles. The van der Waals surface area contributed by atoms with Crippen molar-refractivity contribution in [3.63, 3.8) is 0 Å². The molecule has 2 atom stereocenters. The number of nitrogens with zero attached hydrogens (tertiary/aromatic N) is 2. The molecule has 2 aromatic rings. The van der Waals surface area contributed by atoms with Crippen LogP contribution in [-0.2, 0) is 9.53 Å². The number of benzene rings is 1. The molecule has 2 unspecified atom stereocenters. The molecule has 1 N–H and O–H groups in total. The topological polar surface area (TPSA) is 102 Å². The lowest BCUT2D eigenvalue weighted by Gasteiger charge is -2.51. The lowest BCUT2D eigenvalue weighted by Crippen LogP contribution is -2.62. The summed E-state index contributed by atoms with van der Waals surface area (Å²) < 4.78 is 12.9. The number of pyridine rings is 1. The Bertz CT molecular complexity index is 973. The molecule has 26 heavy (non-hydrogen) atoms. The summed E-state index contributed by atoms with van der Waals surface area (Å²) >= 11 is 0. The van der Waals surface area contributed by atoms with Crippen molar-refractivity contribution in [1.29, 1.82) is 5.26 Å². The van der Waals surface area contributed by atoms with Crippen LogP contribution >= 0.6 is 0 Å². The van der Waals surface area contributed by atoms with E-state index in [9.17, 15) is 20.0 Å². The van der Waals surface area contributed by atoms with Crippen LogP contribution in [0.1, 0.15) is 37.9 Å². The Morgan fingerprint density at radius 2 is 2.04 bits per heavy atom. The summed E-state index contributed by atoms with van der Waals surface area (Å²) in [5, 5.41) is 18.8. The van der Waals surface area contributed by atoms with Crippen molar-refractivity contribution in [3.05, 3.63) is 58.0 Å². The molecule has 1 aromatic carbocycles. The average molecular weight is 354 g/mol. The number of carbonyl (C=O) groups is 1. The lowest BCUT2D eigenvalue weighted by molar-refractivity contribution is -0.180. The van der Waals surface area contributed by atoms with Gasteiger partial charge in [-0.15, -0.1) is 0 Å². The summed E-state index contributed by atoms with van der Waals surface area (Å²) in [6.45, 7) is 5.52. The van der Waals surface area contributed by atoms with Gasteiger partial charge in [0.15, 0.2) is 5.60 Å². The Balaban J connectivity index is 2.36. The smallest absolute Gasteiger partial charge is 0.293 e. The first-order valence-electron chi connectivity index (χ1n) is 7.99. The van der Waals surface area contributed by atoms with Crippen LogP contribution < -0.4 is 10.3 Å². The van der Waals surface area contributed by atoms with E-state index in [2.05, 4.69) is 6.07 Å². The molecule has 1 aliphatic heterocycles. The van der Waals surface area contributed by atoms with Gasteiger partial charge in [0, 0.05) is 17.8 Å². The first kappa shape index (κ1) is 17.5. The zero-order chi connectivity index (χ0) is 19.1. The third-order valence-corrected chi connectivity index (χ3v) is 5.02. The molecule has 0 spiro atoms. The largest absolute Gasteiger partial charge is 0.508 e. The Hall–Kier alpha value is -3.27. The molecule has 1 aliphatic rings. The monoisotopic (exact) mass is 354 g/mol. The van der Waals surface area contributed by atoms with Gasteiger partial charge in [0.2, 0.25) is 0 Å². The van der Waals surface area contributed by atoms with Gasteiger partial charge in [-0.3, -0.25) is 9.59 Å². The predicted molar refractivity (Wildman–Crippen MR) is 91.9 cm³/mol. The van der Waals surface area contributed by atoms with Gasteiger partial charge in [0.25, 0.3) is 12.0 Å². The van der Waals surface area contributed by atoms with E-state index in [0.29, 0.717) is 23.3 Å². The fourth-order valence-electron chi connectivity index (χ4n) is 3.34. The van der Waals surface area contributed by atoms with Gasteiger partial charge in [0.1, 0.15) is 23.1 Å². The number of aromatic hydroxyl groups is 1. The van der Waals surface area contributed by atoms with Crippen LogP contribution in [0.4, 0.5) is 0 Å². The van der Waals surface area contributed by atoms with Crippen LogP contribution in [0.3, 0.4) is 0 Å². The number of aromatic nitrogens is 1. The standard InChI is InChI=1S/C19H18N2O5/c1-18(2)19(3,25-11-22)17(21-7-6-13(23)9-16(21)24)14-8-12(10-20)4-5-15(14)26-18/h4-9,11,17,23H,1-3H3. The van der Waals surface area contributed by atoms with Gasteiger partial charge >= 0.3 is 0 Å². The normalized spacial score (nSPS) is 23.2. The quantitative estimate of drug-likeness (QED) is 0.847. The third-order valence-electron chi connectivity index (χ3n) is 5.02. The summed E-state index contributed by atoms with van der Waals surface area (Å²) in [5.41, 5.74) is -1.77. The first-order chi connectivity index (χ1) is 12.2. The van der Waals surface area contributed by atoms with E-state index >= 15 is 0 Å². The maximum atomic E-state index is 12.6. The molecule has 0 amide bonds. The summed E-state index contributed by atoms with van der Waals surface area (Å²) in [6, 6.07) is 8.65. The molecule has 7 nitrogen and oxygen atoms in total. The predicted octanol–water partition coefficient (Wildman–Crippen LogP) is 2.12. The molecular formula is C19H18N2O5. The van der Waals surface area contributed by atoms with E-state index in [4.69, 9.17) is 9.47 Å². The van der Waals surface area contributed by atoms with Crippen molar-refractivity contribution in [2.45, 2.75) is 38.0 Å². The van der Waals surface area contributed by atoms with Crippen molar-refractivity contribution >= 4 is 6.47 Å². The van der Waals surface area contributed by atoms with Crippen LogP contribution in [-0.4, -0.2) is 27.3 Å². The van der Waals surface area contributed by atoms with Crippen molar-refractivity contribution in [3.8, 4) is 17.6 Å². The highest BCUT2D eigenvalue weighted by Gasteiger charge is 2.57. The number of ether oxygens (including phenoxy) is 2. The SMILES string of the molecule is CC1(C)Oc2ccc(C#N)cc2C(n2ccc(O)cc2=O)C1(C)OC=O. The van der Waals surface area contributed by atoms with Crippen LogP contribution in [0.15, 0.2) is 41.3 Å². The second-order valence-corrected chi connectivity index (χ2v) is 6.83. The number of fused-ring (bicyclic) bond motifs is 1. The number of rotatable bonds is 3. The molecule has 0 saturated heterocycles. The van der Waals surface area contributed by atoms with E-state index in [1.165, 1.54) is 16.8 Å². The van der Waals surface area contributed by atoms with Crippen molar-refractivity contribution in [1.82, 2.24) is 4.57 Å². The van der Waals surface area contributed by atoms with Gasteiger partial charge in [-0.2, -0.15) is 5.26 Å². The van der Waals surface area contributed by atoms with E-state index in [1.807, 2.05) is 0 Å². The number of hydrogen-bond donors (Lipinski definition) is 1. The van der Waals surface area contributed by atoms with Gasteiger partial charge in [-0.1, -0.05) is 0 Å². The highest BCUT2D eigenvalue weighted by atomic mass is 16.6. The molecule has 0 saturated carbocycles. The second-order valence-electron chi connectivity index (χ2n) is 6.83. The van der Waals surface area contributed by atoms with Crippen LogP contribution in [0, 0.1) is 11.3 Å². The molecule has 0 radical (unpaired) electrons. The van der Waals surface area contributed by atoms with E-state index in [0.717, 1.165) is 6.07 Å². The molecule has 0 aliphatic carbocycles. The Kier molecular flexibility index (Phi) is 3.99. The number of hydrogen-bond acceptors (Lipinski definition) is 6. The summed E-state index contributed by atoms with van der Waals surface area (Å²) in [5.74, 6) is 0.326. The minimum Gasteiger partial charge on any atom is -0.508 e. The summed E-state index contributed by atoms with van der Waals surface area (Å²) in [7, 11) is 0. The van der Waals surface area contributed by atoms with Gasteiger partial charge < -0.3 is 19.1 Å². The van der Waals surface area contributed by atoms with Gasteiger partial charge in [-0.05, 0) is 45.0 Å². The molecular weight excluding hydrogens is 336 g/mol. The third kappa shape index (κ3) is 2.51. The van der Waals surface area contributed by atoms with Gasteiger partial charge in [-0.25, -0.2) is 0 Å². The van der Waals surface area contributed by atoms with E-state index in [1.54, 1.807) is 39.0 Å². The van der Waals surface area contributed by atoms with E-state index in [-0.39, 0.29) is 5.75 Å². The Morgan fingerprint density at radius 3 is 2.65 bits per heavy atom. The molecule has 0 fully saturated rings. The zero-order valence-electron chi connectivity index (χ0n) is 14.6. The van der Waals surface area contributed by atoms with Crippen molar-refractivity contribution < 1.29 is 19.4 Å². The second kappa shape index (κ2) is 5.92. The highest BCUT2D eigenvalue weighted by Crippen LogP contribution is 2.49. The number of nitriles is 1. The molecule has 1 aromatic heterocycles. The fourth-order valence-corrected chi connectivity index (χ4v) is 3.34. The number of carbonyl (C=O) groups excluding carboxylic acids is 1. The Morgan fingerprint density at radius 1 is 1.31 bits per heavy atom. The van der Waals surface area contributed by atoms with Crippen LogP contribution in [0.25, 0.3) is 0 Å². The maximum absolute atomic E-state index is 12.6. The minimum absolute atomic E-state index is 0.165. The average Bonchev–Trinajstić information content (AvgIpc) is 2.57. The minimum atomic E-state index is -1.25. The molecule has 134 valence electrons. The molecule has 7 heteroatoms. The van der Waals surface area contributed by atoms with Crippen molar-refractivity contribution in [2.75, 3.05) is 0 Å². The summed E-state index contributed by atoms with van der Waals surface area (Å²) in [6.07, 6.45) is 1.43. The first-order valence-corrected chi connectivity index (χ1v) is 7.99. The van der Waals surface area contributed by atoms with Crippen molar-refractivity contribution in [2.24, 2.45) is 0 Å². The zero-order valence-corrected chi connectivity index (χ0v) is 14.6. The van der Waals surface area contributed by atoms with Gasteiger partial charge in [0.05, 0.1) is 11.6 Å².